The largest absolute Gasteiger partial charge is 0.369 e. The topological polar surface area (TPSA) is 80.3 Å². The van der Waals surface area contributed by atoms with E-state index in [-0.39, 0.29) is 5.92 Å². The summed E-state index contributed by atoms with van der Waals surface area (Å²) in [6.07, 6.45) is -1.41. The summed E-state index contributed by atoms with van der Waals surface area (Å²) >= 11 is 0. The molecule has 0 bridgehead atoms. The number of hydrogen-bond donors (Lipinski definition) is 0. The van der Waals surface area contributed by atoms with Gasteiger partial charge in [0.15, 0.2) is 5.82 Å². The number of rotatable bonds is 6. The molecule has 4 rings (SSSR count). The first-order chi connectivity index (χ1) is 14.4. The Labute approximate surface area is 172 Å². The van der Waals surface area contributed by atoms with Gasteiger partial charge in [0.05, 0.1) is 30.3 Å². The molecule has 3 aromatic rings. The fraction of sp³-hybridized carbons (Fsp3) is 0.500. The average Bonchev–Trinajstić information content (AvgIpc) is 3.19. The van der Waals surface area contributed by atoms with Crippen LogP contribution in [0.5, 0.6) is 0 Å². The molecule has 3 heterocycles. The van der Waals surface area contributed by atoms with Gasteiger partial charge >= 0.3 is 0 Å². The van der Waals surface area contributed by atoms with Crippen LogP contribution < -0.4 is 10.5 Å². The lowest BCUT2D eigenvalue weighted by atomic mass is 10.2. The molecule has 0 spiro atoms. The zero-order chi connectivity index (χ0) is 21.3. The Balaban J connectivity index is 1.42. The minimum atomic E-state index is -2.60. The van der Waals surface area contributed by atoms with Crippen LogP contribution >= 0.6 is 0 Å². The molecule has 10 heteroatoms. The smallest absolute Gasteiger partial charge is 0.261 e. The van der Waals surface area contributed by atoms with Gasteiger partial charge in [0.1, 0.15) is 0 Å². The lowest BCUT2D eigenvalue weighted by Gasteiger charge is -2.35. The number of alkyl halides is 2. The first-order valence-electron chi connectivity index (χ1n) is 9.98. The number of nitrogens with zero attached hydrogens (tertiary/aromatic N) is 6. The molecule has 1 aliphatic rings. The molecule has 0 unspecified atom stereocenters. The molecule has 8 nitrogen and oxygen atoms in total. The lowest BCUT2D eigenvalue weighted by molar-refractivity contribution is 0.125. The van der Waals surface area contributed by atoms with E-state index in [1.54, 1.807) is 6.07 Å². The second-order valence-electron chi connectivity index (χ2n) is 7.76. The van der Waals surface area contributed by atoms with Crippen LogP contribution in [0.1, 0.15) is 31.5 Å². The third-order valence-corrected chi connectivity index (χ3v) is 5.24. The monoisotopic (exact) mass is 418 g/mol. The van der Waals surface area contributed by atoms with Crippen LogP contribution in [0.15, 0.2) is 33.8 Å². The minimum Gasteiger partial charge on any atom is -0.369 e. The Bertz CT molecular complexity index is 1070. The van der Waals surface area contributed by atoms with Crippen LogP contribution in [0.25, 0.3) is 10.9 Å². The third-order valence-electron chi connectivity index (χ3n) is 5.24. The third kappa shape index (κ3) is 4.33. The predicted molar refractivity (Wildman–Crippen MR) is 108 cm³/mol. The van der Waals surface area contributed by atoms with Gasteiger partial charge in [-0.05, 0) is 18.2 Å². The maximum Gasteiger partial charge on any atom is 0.261 e. The first kappa shape index (κ1) is 20.4. The van der Waals surface area contributed by atoms with E-state index in [0.717, 1.165) is 42.3 Å². The van der Waals surface area contributed by atoms with Crippen molar-refractivity contribution in [1.29, 1.82) is 0 Å². The highest BCUT2D eigenvalue weighted by Gasteiger charge is 2.20. The highest BCUT2D eigenvalue weighted by molar-refractivity contribution is 5.81. The fourth-order valence-electron chi connectivity index (χ4n) is 3.54. The van der Waals surface area contributed by atoms with Crippen molar-refractivity contribution in [2.75, 3.05) is 31.1 Å². The average molecular weight is 418 g/mol. The summed E-state index contributed by atoms with van der Waals surface area (Å²) in [5.74, 6) is 1.59. The molecule has 1 aliphatic heterocycles. The maximum atomic E-state index is 12.6. The fourth-order valence-corrected chi connectivity index (χ4v) is 3.54. The van der Waals surface area contributed by atoms with Crippen molar-refractivity contribution < 1.29 is 13.3 Å². The summed E-state index contributed by atoms with van der Waals surface area (Å²) in [5, 5.41) is 4.35. The number of benzene rings is 1. The number of halogens is 2. The van der Waals surface area contributed by atoms with E-state index in [1.807, 2.05) is 26.0 Å². The molecular formula is C20H24F2N6O2. The van der Waals surface area contributed by atoms with Gasteiger partial charge in [-0.2, -0.15) is 4.98 Å². The molecule has 0 atom stereocenters. The summed E-state index contributed by atoms with van der Waals surface area (Å²) in [4.78, 5) is 25.5. The molecule has 1 saturated heterocycles. The van der Waals surface area contributed by atoms with Crippen LogP contribution in [0.4, 0.5) is 14.5 Å². The predicted octanol–water partition coefficient (Wildman–Crippen LogP) is 2.49. The molecule has 0 saturated carbocycles. The van der Waals surface area contributed by atoms with Crippen molar-refractivity contribution in [3.05, 3.63) is 46.6 Å². The van der Waals surface area contributed by atoms with Gasteiger partial charge in [-0.3, -0.25) is 14.3 Å². The van der Waals surface area contributed by atoms with Crippen LogP contribution in [0, 0.1) is 0 Å². The SMILES string of the molecule is CC(C)c1noc(CN2CCN(c3ccc4c(=O)n(CC(F)F)cnc4c3)CC2)n1. The molecule has 1 aromatic carbocycles. The first-order valence-corrected chi connectivity index (χ1v) is 9.98. The van der Waals surface area contributed by atoms with Gasteiger partial charge in [0.25, 0.3) is 12.0 Å². The molecule has 160 valence electrons. The molecule has 0 N–H and O–H groups in total. The van der Waals surface area contributed by atoms with Crippen molar-refractivity contribution in [2.24, 2.45) is 0 Å². The quantitative estimate of drug-likeness (QED) is 0.608. The Morgan fingerprint density at radius 3 is 2.60 bits per heavy atom. The summed E-state index contributed by atoms with van der Waals surface area (Å²) in [6.45, 7) is 7.31. The van der Waals surface area contributed by atoms with Crippen molar-refractivity contribution in [3.63, 3.8) is 0 Å². The van der Waals surface area contributed by atoms with Gasteiger partial charge < -0.3 is 9.42 Å². The van der Waals surface area contributed by atoms with E-state index in [2.05, 4.69) is 24.9 Å². The van der Waals surface area contributed by atoms with E-state index < -0.39 is 18.5 Å². The maximum absolute atomic E-state index is 12.6. The van der Waals surface area contributed by atoms with E-state index in [9.17, 15) is 13.6 Å². The zero-order valence-electron chi connectivity index (χ0n) is 17.0. The normalized spacial score (nSPS) is 15.6. The Morgan fingerprint density at radius 2 is 1.93 bits per heavy atom. The van der Waals surface area contributed by atoms with Gasteiger partial charge in [0, 0.05) is 37.8 Å². The van der Waals surface area contributed by atoms with Gasteiger partial charge in [0.2, 0.25) is 5.89 Å². The molecule has 30 heavy (non-hydrogen) atoms. The number of piperazine rings is 1. The molecular weight excluding hydrogens is 394 g/mol. The standard InChI is InChI=1S/C20H24F2N6O2/c1-13(2)19-24-18(30-25-19)11-26-5-7-27(8-6-26)14-3-4-15-16(9-14)23-12-28(20(15)29)10-17(21)22/h3-4,9,12-13,17H,5-8,10-11H2,1-2H3. The molecule has 2 aromatic heterocycles. The number of hydrogen-bond acceptors (Lipinski definition) is 7. The van der Waals surface area contributed by atoms with Crippen LogP contribution in [0.3, 0.4) is 0 Å². The molecule has 1 fully saturated rings. The summed E-state index contributed by atoms with van der Waals surface area (Å²) < 4.78 is 31.5. The van der Waals surface area contributed by atoms with E-state index >= 15 is 0 Å². The van der Waals surface area contributed by atoms with Crippen molar-refractivity contribution >= 4 is 16.6 Å². The van der Waals surface area contributed by atoms with Crippen LogP contribution in [0.2, 0.25) is 0 Å². The second-order valence-corrected chi connectivity index (χ2v) is 7.76. The Hall–Kier alpha value is -2.88. The Kier molecular flexibility index (Phi) is 5.76. The van der Waals surface area contributed by atoms with Crippen molar-refractivity contribution in [1.82, 2.24) is 24.6 Å². The Morgan fingerprint density at radius 1 is 1.17 bits per heavy atom. The van der Waals surface area contributed by atoms with Gasteiger partial charge in [-0.1, -0.05) is 19.0 Å². The van der Waals surface area contributed by atoms with Gasteiger partial charge in [-0.25, -0.2) is 13.8 Å². The van der Waals surface area contributed by atoms with E-state index in [1.165, 1.54) is 6.33 Å². The van der Waals surface area contributed by atoms with Crippen LogP contribution in [-0.4, -0.2) is 57.2 Å². The number of anilines is 1. The van der Waals surface area contributed by atoms with Crippen molar-refractivity contribution in [2.45, 2.75) is 39.3 Å². The summed E-state index contributed by atoms with van der Waals surface area (Å²) in [6, 6.07) is 5.35. The van der Waals surface area contributed by atoms with E-state index in [0.29, 0.717) is 23.3 Å². The lowest BCUT2D eigenvalue weighted by Crippen LogP contribution is -2.46. The highest BCUT2D eigenvalue weighted by Crippen LogP contribution is 2.21. The molecule has 0 aliphatic carbocycles. The minimum absolute atomic E-state index is 0.236. The van der Waals surface area contributed by atoms with E-state index in [4.69, 9.17) is 4.52 Å². The van der Waals surface area contributed by atoms with Crippen LogP contribution in [-0.2, 0) is 13.1 Å². The van der Waals surface area contributed by atoms with Crippen molar-refractivity contribution in [3.8, 4) is 0 Å². The number of aromatic nitrogens is 4. The molecule has 0 radical (unpaired) electrons. The molecule has 0 amide bonds. The summed E-state index contributed by atoms with van der Waals surface area (Å²) in [5.41, 5.74) is 1.02. The van der Waals surface area contributed by atoms with Gasteiger partial charge in [-0.15, -0.1) is 0 Å². The highest BCUT2D eigenvalue weighted by atomic mass is 19.3. The summed E-state index contributed by atoms with van der Waals surface area (Å²) in [7, 11) is 0. The number of fused-ring (bicyclic) bond motifs is 1. The zero-order valence-corrected chi connectivity index (χ0v) is 17.0. The second kappa shape index (κ2) is 8.47.